The molecule has 0 aliphatic heterocycles. The van der Waals surface area contributed by atoms with E-state index in [4.69, 9.17) is 23.2 Å². The summed E-state index contributed by atoms with van der Waals surface area (Å²) in [5, 5.41) is 8.21. The number of halogens is 3. The van der Waals surface area contributed by atoms with Gasteiger partial charge in [-0.05, 0) is 37.3 Å². The molecule has 0 spiro atoms. The van der Waals surface area contributed by atoms with Gasteiger partial charge in [-0.25, -0.2) is 22.2 Å². The molecule has 1 aromatic heterocycles. The number of hydrogen-bond donors (Lipinski definition) is 1. The number of benzene rings is 2. The van der Waals surface area contributed by atoms with Gasteiger partial charge in [0, 0.05) is 5.02 Å². The van der Waals surface area contributed by atoms with Crippen LogP contribution in [0.3, 0.4) is 0 Å². The van der Waals surface area contributed by atoms with Gasteiger partial charge < -0.3 is 0 Å². The summed E-state index contributed by atoms with van der Waals surface area (Å²) >= 11 is 12.0. The first kappa shape index (κ1) is 19.3. The fourth-order valence-electron chi connectivity index (χ4n) is 2.31. The molecule has 27 heavy (non-hydrogen) atoms. The van der Waals surface area contributed by atoms with Crippen LogP contribution in [0.25, 0.3) is 5.69 Å². The van der Waals surface area contributed by atoms with E-state index in [0.717, 1.165) is 12.1 Å². The number of aromatic nitrogens is 3. The summed E-state index contributed by atoms with van der Waals surface area (Å²) in [6, 6.07) is 9.33. The van der Waals surface area contributed by atoms with Crippen LogP contribution in [-0.2, 0) is 10.0 Å². The van der Waals surface area contributed by atoms with Crippen molar-refractivity contribution < 1.29 is 17.6 Å². The van der Waals surface area contributed by atoms with E-state index < -0.39 is 26.6 Å². The zero-order valence-electron chi connectivity index (χ0n) is 13.6. The third-order valence-corrected chi connectivity index (χ3v) is 5.50. The van der Waals surface area contributed by atoms with E-state index in [1.807, 2.05) is 0 Å². The van der Waals surface area contributed by atoms with Crippen molar-refractivity contribution in [2.45, 2.75) is 11.8 Å². The molecule has 7 nitrogen and oxygen atoms in total. The van der Waals surface area contributed by atoms with Crippen LogP contribution in [0.1, 0.15) is 16.2 Å². The topological polar surface area (TPSA) is 93.9 Å². The number of carbonyl (C=O) groups is 1. The van der Waals surface area contributed by atoms with E-state index in [9.17, 15) is 17.6 Å². The van der Waals surface area contributed by atoms with Gasteiger partial charge in [0.15, 0.2) is 5.69 Å². The minimum Gasteiger partial charge on any atom is -0.266 e. The minimum absolute atomic E-state index is 0.237. The van der Waals surface area contributed by atoms with Gasteiger partial charge in [-0.2, -0.15) is 0 Å². The molecule has 0 saturated heterocycles. The van der Waals surface area contributed by atoms with E-state index in [1.54, 1.807) is 16.9 Å². The summed E-state index contributed by atoms with van der Waals surface area (Å²) in [6.45, 7) is 1.51. The Labute approximate surface area is 163 Å². The van der Waals surface area contributed by atoms with Crippen molar-refractivity contribution in [1.82, 2.24) is 19.7 Å². The third-order valence-electron chi connectivity index (χ3n) is 3.60. The molecular weight excluding hydrogens is 418 g/mol. The molecule has 0 aliphatic rings. The molecule has 1 N–H and O–H groups in total. The molecule has 11 heteroatoms. The number of hydrogen-bond acceptors (Lipinski definition) is 5. The Morgan fingerprint density at radius 1 is 1.19 bits per heavy atom. The monoisotopic (exact) mass is 428 g/mol. The number of rotatable bonds is 4. The second-order valence-electron chi connectivity index (χ2n) is 5.40. The second kappa shape index (κ2) is 7.26. The number of carbonyl (C=O) groups excluding carboxylic acids is 1. The van der Waals surface area contributed by atoms with Crippen molar-refractivity contribution >= 4 is 39.1 Å². The molecule has 0 radical (unpaired) electrons. The Balaban J connectivity index is 1.93. The average Bonchev–Trinajstić information content (AvgIpc) is 2.96. The first-order chi connectivity index (χ1) is 12.7. The van der Waals surface area contributed by atoms with Crippen LogP contribution in [0, 0.1) is 12.7 Å². The molecule has 0 fully saturated rings. The van der Waals surface area contributed by atoms with Crippen LogP contribution in [-0.4, -0.2) is 29.3 Å². The molecule has 1 amide bonds. The number of sulfonamides is 1. The summed E-state index contributed by atoms with van der Waals surface area (Å²) in [6.07, 6.45) is 0. The second-order valence-corrected chi connectivity index (χ2v) is 7.89. The maximum atomic E-state index is 13.7. The van der Waals surface area contributed by atoms with Gasteiger partial charge in [-0.3, -0.25) is 4.79 Å². The molecule has 140 valence electrons. The van der Waals surface area contributed by atoms with Crippen molar-refractivity contribution in [2.75, 3.05) is 0 Å². The van der Waals surface area contributed by atoms with Crippen LogP contribution in [0.2, 0.25) is 10.0 Å². The Morgan fingerprint density at radius 2 is 1.89 bits per heavy atom. The van der Waals surface area contributed by atoms with E-state index in [2.05, 4.69) is 10.3 Å². The van der Waals surface area contributed by atoms with Crippen molar-refractivity contribution in [1.29, 1.82) is 0 Å². The van der Waals surface area contributed by atoms with Gasteiger partial charge in [0.2, 0.25) is 0 Å². The third kappa shape index (κ3) is 3.80. The summed E-state index contributed by atoms with van der Waals surface area (Å²) in [4.78, 5) is 11.7. The predicted octanol–water partition coefficient (Wildman–Crippen LogP) is 3.14. The highest BCUT2D eigenvalue weighted by atomic mass is 35.5. The lowest BCUT2D eigenvalue weighted by atomic mass is 10.3. The van der Waals surface area contributed by atoms with Gasteiger partial charge in [0.05, 0.1) is 16.4 Å². The lowest BCUT2D eigenvalue weighted by molar-refractivity contribution is 0.0976. The predicted molar refractivity (Wildman–Crippen MR) is 97.2 cm³/mol. The van der Waals surface area contributed by atoms with Crippen LogP contribution in [0.5, 0.6) is 0 Å². The van der Waals surface area contributed by atoms with Crippen molar-refractivity contribution in [3.05, 3.63) is 69.7 Å². The van der Waals surface area contributed by atoms with E-state index in [0.29, 0.717) is 10.7 Å². The molecule has 0 atom stereocenters. The van der Waals surface area contributed by atoms with Crippen LogP contribution in [0.15, 0.2) is 47.4 Å². The van der Waals surface area contributed by atoms with Crippen molar-refractivity contribution in [2.24, 2.45) is 0 Å². The molecule has 2 aromatic carbocycles. The lowest BCUT2D eigenvalue weighted by Crippen LogP contribution is -2.32. The Hall–Kier alpha value is -2.49. The fourth-order valence-corrected chi connectivity index (χ4v) is 3.83. The fraction of sp³-hybridized carbons (Fsp3) is 0.0625. The number of nitrogens with zero attached hydrogens (tertiary/aromatic N) is 3. The van der Waals surface area contributed by atoms with Crippen LogP contribution < -0.4 is 4.72 Å². The highest BCUT2D eigenvalue weighted by molar-refractivity contribution is 7.90. The van der Waals surface area contributed by atoms with E-state index in [-0.39, 0.29) is 16.4 Å². The van der Waals surface area contributed by atoms with Crippen LogP contribution in [0.4, 0.5) is 4.39 Å². The Bertz CT molecular complexity index is 1150. The SMILES string of the molecule is Cc1c(C(=O)NS(=O)(=O)c2ccccc2F)nnn1-c1ccc(Cl)cc1Cl. The molecular formula is C16H11Cl2FN4O3S. The summed E-state index contributed by atoms with van der Waals surface area (Å²) in [7, 11) is -4.42. The highest BCUT2D eigenvalue weighted by Crippen LogP contribution is 2.25. The normalized spacial score (nSPS) is 11.4. The maximum Gasteiger partial charge on any atom is 0.287 e. The molecule has 0 saturated carbocycles. The summed E-state index contributed by atoms with van der Waals surface area (Å²) < 4.78 is 41.3. The first-order valence-corrected chi connectivity index (χ1v) is 9.64. The Kier molecular flexibility index (Phi) is 5.18. The van der Waals surface area contributed by atoms with Gasteiger partial charge in [0.25, 0.3) is 15.9 Å². The largest absolute Gasteiger partial charge is 0.287 e. The van der Waals surface area contributed by atoms with Crippen LogP contribution >= 0.6 is 23.2 Å². The zero-order valence-corrected chi connectivity index (χ0v) is 16.0. The Morgan fingerprint density at radius 3 is 2.56 bits per heavy atom. The highest BCUT2D eigenvalue weighted by Gasteiger charge is 2.26. The number of amides is 1. The molecule has 0 aliphatic carbocycles. The molecule has 0 bridgehead atoms. The first-order valence-electron chi connectivity index (χ1n) is 7.40. The maximum absolute atomic E-state index is 13.7. The quantitative estimate of drug-likeness (QED) is 0.688. The van der Waals surface area contributed by atoms with Crippen molar-refractivity contribution in [3.63, 3.8) is 0 Å². The van der Waals surface area contributed by atoms with Crippen molar-refractivity contribution in [3.8, 4) is 5.69 Å². The van der Waals surface area contributed by atoms with E-state index in [1.165, 1.54) is 29.8 Å². The lowest BCUT2D eigenvalue weighted by Gasteiger charge is -2.08. The molecule has 1 heterocycles. The summed E-state index contributed by atoms with van der Waals surface area (Å²) in [5.41, 5.74) is 0.392. The molecule has 3 rings (SSSR count). The number of nitrogens with one attached hydrogen (secondary N) is 1. The standard InChI is InChI=1S/C16H11Cl2FN4O3S/c1-9-15(20-22-23(9)13-7-6-10(17)8-11(13)18)16(24)21-27(25,26)14-5-3-2-4-12(14)19/h2-8H,1H3,(H,21,24). The molecule has 0 unspecified atom stereocenters. The van der Waals surface area contributed by atoms with E-state index >= 15 is 0 Å². The summed E-state index contributed by atoms with van der Waals surface area (Å²) in [5.74, 6) is -2.03. The zero-order chi connectivity index (χ0) is 19.8. The average molecular weight is 429 g/mol. The molecule has 3 aromatic rings. The minimum atomic E-state index is -4.42. The van der Waals surface area contributed by atoms with Gasteiger partial charge in [-0.1, -0.05) is 40.5 Å². The van der Waals surface area contributed by atoms with Gasteiger partial charge in [0.1, 0.15) is 10.7 Å². The van der Waals surface area contributed by atoms with Gasteiger partial charge >= 0.3 is 0 Å². The van der Waals surface area contributed by atoms with Gasteiger partial charge in [-0.15, -0.1) is 5.10 Å². The smallest absolute Gasteiger partial charge is 0.266 e.